The molecule has 0 amide bonds. The number of halogens is 4. The van der Waals surface area contributed by atoms with Gasteiger partial charge in [0.2, 0.25) is 0 Å². The highest BCUT2D eigenvalue weighted by molar-refractivity contribution is 6.34. The van der Waals surface area contributed by atoms with Crippen molar-refractivity contribution in [3.8, 4) is 11.4 Å². The Kier molecular flexibility index (Phi) is 4.26. The third-order valence-electron chi connectivity index (χ3n) is 3.18. The van der Waals surface area contributed by atoms with Gasteiger partial charge in [-0.2, -0.15) is 13.9 Å². The molecule has 0 unspecified atom stereocenters. The van der Waals surface area contributed by atoms with Crippen molar-refractivity contribution in [1.82, 2.24) is 14.8 Å². The zero-order valence-corrected chi connectivity index (χ0v) is 13.6. The highest BCUT2D eigenvalue weighted by Crippen LogP contribution is 2.39. The summed E-state index contributed by atoms with van der Waals surface area (Å²) < 4.78 is 28.7. The number of pyridine rings is 1. The molecule has 0 atom stereocenters. The first-order chi connectivity index (χ1) is 9.66. The third-order valence-corrected chi connectivity index (χ3v) is 3.92. The molecule has 0 fully saturated rings. The van der Waals surface area contributed by atoms with Crippen LogP contribution in [0.5, 0.6) is 0 Å². The standard InChI is InChI=1S/C14H15Cl2F2N3/c1-5-21-13(14(4,17)18)10(16)12(20-21)11-7(2)6-9(15)8(3)19-11/h6H,5H2,1-4H3. The molecule has 0 radical (unpaired) electrons. The predicted octanol–water partition coefficient (Wildman–Crippen LogP) is 5.00. The molecule has 2 rings (SSSR count). The van der Waals surface area contributed by atoms with Gasteiger partial charge in [0.1, 0.15) is 11.4 Å². The molecule has 0 aliphatic carbocycles. The minimum atomic E-state index is -3.08. The Bertz CT molecular complexity index is 691. The summed E-state index contributed by atoms with van der Waals surface area (Å²) in [6, 6.07) is 1.73. The van der Waals surface area contributed by atoms with Gasteiger partial charge in [-0.3, -0.25) is 4.68 Å². The molecule has 7 heteroatoms. The summed E-state index contributed by atoms with van der Waals surface area (Å²) in [7, 11) is 0. The maximum Gasteiger partial charge on any atom is 0.288 e. The summed E-state index contributed by atoms with van der Waals surface area (Å²) in [6.07, 6.45) is 0. The van der Waals surface area contributed by atoms with E-state index in [-0.39, 0.29) is 16.4 Å². The Labute approximate surface area is 131 Å². The molecule has 2 aromatic rings. The van der Waals surface area contributed by atoms with Gasteiger partial charge in [-0.1, -0.05) is 23.2 Å². The van der Waals surface area contributed by atoms with E-state index in [4.69, 9.17) is 23.2 Å². The van der Waals surface area contributed by atoms with Gasteiger partial charge in [0.25, 0.3) is 5.92 Å². The first-order valence-electron chi connectivity index (χ1n) is 6.45. The van der Waals surface area contributed by atoms with Crippen LogP contribution in [0.4, 0.5) is 8.78 Å². The fraction of sp³-hybridized carbons (Fsp3) is 0.429. The zero-order valence-electron chi connectivity index (χ0n) is 12.1. The van der Waals surface area contributed by atoms with Gasteiger partial charge in [-0.05, 0) is 32.4 Å². The van der Waals surface area contributed by atoms with E-state index in [1.807, 2.05) is 0 Å². The minimum absolute atomic E-state index is 0.0679. The van der Waals surface area contributed by atoms with E-state index in [1.54, 1.807) is 26.8 Å². The van der Waals surface area contributed by atoms with E-state index in [2.05, 4.69) is 10.1 Å². The molecule has 0 aliphatic rings. The molecular formula is C14H15Cl2F2N3. The number of aromatic nitrogens is 3. The van der Waals surface area contributed by atoms with Crippen LogP contribution in [0.3, 0.4) is 0 Å². The lowest BCUT2D eigenvalue weighted by atomic mass is 10.1. The smallest absolute Gasteiger partial charge is 0.262 e. The van der Waals surface area contributed by atoms with Crippen LogP contribution >= 0.6 is 23.2 Å². The second kappa shape index (κ2) is 5.54. The van der Waals surface area contributed by atoms with Crippen molar-refractivity contribution in [2.45, 2.75) is 40.2 Å². The lowest BCUT2D eigenvalue weighted by Gasteiger charge is -2.12. The molecular weight excluding hydrogens is 319 g/mol. The Balaban J connectivity index is 2.72. The van der Waals surface area contributed by atoms with Gasteiger partial charge >= 0.3 is 0 Å². The van der Waals surface area contributed by atoms with Gasteiger partial charge in [0.05, 0.1) is 21.4 Å². The summed E-state index contributed by atoms with van der Waals surface area (Å²) in [5.74, 6) is -3.08. The fourth-order valence-electron chi connectivity index (χ4n) is 2.15. The van der Waals surface area contributed by atoms with Crippen LogP contribution < -0.4 is 0 Å². The molecule has 0 bridgehead atoms. The lowest BCUT2D eigenvalue weighted by molar-refractivity contribution is 0.00808. The van der Waals surface area contributed by atoms with Crippen molar-refractivity contribution in [1.29, 1.82) is 0 Å². The second-order valence-electron chi connectivity index (χ2n) is 4.94. The van der Waals surface area contributed by atoms with E-state index >= 15 is 0 Å². The molecule has 0 saturated heterocycles. The molecule has 2 aromatic heterocycles. The molecule has 21 heavy (non-hydrogen) atoms. The van der Waals surface area contributed by atoms with Crippen molar-refractivity contribution in [2.75, 3.05) is 0 Å². The van der Waals surface area contributed by atoms with Gasteiger partial charge in [0.15, 0.2) is 0 Å². The molecule has 0 N–H and O–H groups in total. The highest BCUT2D eigenvalue weighted by atomic mass is 35.5. The molecule has 0 spiro atoms. The van der Waals surface area contributed by atoms with Gasteiger partial charge < -0.3 is 0 Å². The second-order valence-corrected chi connectivity index (χ2v) is 5.72. The van der Waals surface area contributed by atoms with Gasteiger partial charge in [-0.15, -0.1) is 0 Å². The predicted molar refractivity (Wildman–Crippen MR) is 80.2 cm³/mol. The van der Waals surface area contributed by atoms with Gasteiger partial charge in [0, 0.05) is 13.5 Å². The van der Waals surface area contributed by atoms with Crippen LogP contribution in [0.25, 0.3) is 11.4 Å². The van der Waals surface area contributed by atoms with Crippen LogP contribution in [-0.4, -0.2) is 14.8 Å². The summed E-state index contributed by atoms with van der Waals surface area (Å²) in [6.45, 7) is 6.36. The molecule has 2 heterocycles. The molecule has 0 aromatic carbocycles. The average Bonchev–Trinajstić information content (AvgIpc) is 2.70. The number of hydrogen-bond donors (Lipinski definition) is 0. The fourth-order valence-corrected chi connectivity index (χ4v) is 2.75. The van der Waals surface area contributed by atoms with Crippen LogP contribution in [0, 0.1) is 13.8 Å². The van der Waals surface area contributed by atoms with Crippen LogP contribution in [-0.2, 0) is 12.5 Å². The number of rotatable bonds is 3. The molecule has 114 valence electrons. The summed E-state index contributed by atoms with van der Waals surface area (Å²) in [4.78, 5) is 4.34. The molecule has 0 aliphatic heterocycles. The topological polar surface area (TPSA) is 30.7 Å². The lowest BCUT2D eigenvalue weighted by Crippen LogP contribution is -2.15. The molecule has 0 saturated carbocycles. The number of hydrogen-bond acceptors (Lipinski definition) is 2. The van der Waals surface area contributed by atoms with Crippen molar-refractivity contribution in [3.63, 3.8) is 0 Å². The average molecular weight is 334 g/mol. The third kappa shape index (κ3) is 2.90. The number of aryl methyl sites for hydroxylation is 3. The SMILES string of the molecule is CCn1nc(-c2nc(C)c(Cl)cc2C)c(Cl)c1C(C)(F)F. The maximum atomic E-state index is 13.7. The Hall–Kier alpha value is -1.20. The highest BCUT2D eigenvalue weighted by Gasteiger charge is 2.35. The van der Waals surface area contributed by atoms with Crippen LogP contribution in [0.15, 0.2) is 6.07 Å². The van der Waals surface area contributed by atoms with Crippen molar-refractivity contribution in [2.24, 2.45) is 0 Å². The summed E-state index contributed by atoms with van der Waals surface area (Å²) in [5.41, 5.74) is 1.77. The first-order valence-corrected chi connectivity index (χ1v) is 7.21. The van der Waals surface area contributed by atoms with Crippen molar-refractivity contribution in [3.05, 3.63) is 33.1 Å². The van der Waals surface area contributed by atoms with E-state index in [0.29, 0.717) is 23.0 Å². The van der Waals surface area contributed by atoms with E-state index in [1.165, 1.54) is 4.68 Å². The van der Waals surface area contributed by atoms with Crippen molar-refractivity contribution >= 4 is 23.2 Å². The number of alkyl halides is 2. The monoisotopic (exact) mass is 333 g/mol. The van der Waals surface area contributed by atoms with E-state index in [9.17, 15) is 8.78 Å². The number of nitrogens with zero attached hydrogens (tertiary/aromatic N) is 3. The first kappa shape index (κ1) is 16.2. The maximum absolute atomic E-state index is 13.7. The Morgan fingerprint density at radius 1 is 1.24 bits per heavy atom. The van der Waals surface area contributed by atoms with E-state index in [0.717, 1.165) is 12.5 Å². The van der Waals surface area contributed by atoms with Crippen LogP contribution in [0.1, 0.15) is 30.8 Å². The largest absolute Gasteiger partial charge is 0.288 e. The minimum Gasteiger partial charge on any atom is -0.262 e. The van der Waals surface area contributed by atoms with Gasteiger partial charge in [-0.25, -0.2) is 4.98 Å². The zero-order chi connectivity index (χ0) is 15.9. The normalized spacial score (nSPS) is 12.0. The Morgan fingerprint density at radius 3 is 2.33 bits per heavy atom. The summed E-state index contributed by atoms with van der Waals surface area (Å²) in [5, 5.41) is 4.64. The Morgan fingerprint density at radius 2 is 1.86 bits per heavy atom. The van der Waals surface area contributed by atoms with Crippen molar-refractivity contribution < 1.29 is 8.78 Å². The molecule has 3 nitrogen and oxygen atoms in total. The quantitative estimate of drug-likeness (QED) is 0.791. The van der Waals surface area contributed by atoms with Crippen LogP contribution in [0.2, 0.25) is 10.0 Å². The van der Waals surface area contributed by atoms with E-state index < -0.39 is 5.92 Å². The summed E-state index contributed by atoms with van der Waals surface area (Å²) >= 11 is 12.2.